The van der Waals surface area contributed by atoms with E-state index < -0.39 is 38.1 Å². The van der Waals surface area contributed by atoms with Crippen LogP contribution in [0.4, 0.5) is 11.4 Å². The van der Waals surface area contributed by atoms with Crippen molar-refractivity contribution in [2.24, 2.45) is 4.99 Å². The third-order valence-corrected chi connectivity index (χ3v) is 8.26. The van der Waals surface area contributed by atoms with Crippen LogP contribution in [-0.2, 0) is 26.0 Å². The largest absolute Gasteiger partial charge is 0.368 e. The van der Waals surface area contributed by atoms with E-state index in [0.29, 0.717) is 36.4 Å². The molecule has 1 aliphatic heterocycles. The highest BCUT2D eigenvalue weighted by Gasteiger charge is 2.27. The summed E-state index contributed by atoms with van der Waals surface area (Å²) >= 11 is 1.03. The van der Waals surface area contributed by atoms with Crippen molar-refractivity contribution in [1.29, 1.82) is 0 Å². The Morgan fingerprint density at radius 2 is 1.78 bits per heavy atom. The third-order valence-electron chi connectivity index (χ3n) is 5.85. The van der Waals surface area contributed by atoms with Crippen LogP contribution in [0.15, 0.2) is 66.2 Å². The number of nitro groups is 1. The monoisotopic (exact) mass is 543 g/mol. The molecular weight excluding hydrogens is 518 g/mol. The number of rotatable bonds is 8. The summed E-state index contributed by atoms with van der Waals surface area (Å²) in [7, 11) is -4.05. The number of para-hydroxylation sites is 1. The Kier molecular flexibility index (Phi) is 7.83. The number of aromatic nitrogens is 1. The number of sulfone groups is 1. The molecule has 11 nitrogen and oxygen atoms in total. The smallest absolute Gasteiger partial charge is 0.270 e. The van der Waals surface area contributed by atoms with Gasteiger partial charge in [0.1, 0.15) is 11.5 Å². The number of nitrogens with zero attached hydrogens (tertiary/aromatic N) is 5. The average molecular weight is 544 g/mol. The number of fused-ring (bicyclic) bond motifs is 1. The number of hydrogen-bond donors (Lipinski definition) is 0. The Bertz CT molecular complexity index is 1520. The van der Waals surface area contributed by atoms with E-state index in [1.54, 1.807) is 16.7 Å². The Labute approximate surface area is 217 Å². The highest BCUT2D eigenvalue weighted by atomic mass is 32.2. The normalized spacial score (nSPS) is 14.6. The fraction of sp³-hybridized carbons (Fsp3) is 0.292. The molecule has 2 heterocycles. The van der Waals surface area contributed by atoms with Crippen molar-refractivity contribution in [3.05, 3.63) is 76.1 Å². The van der Waals surface area contributed by atoms with Crippen LogP contribution >= 0.6 is 11.3 Å². The van der Waals surface area contributed by atoms with Crippen molar-refractivity contribution in [1.82, 2.24) is 9.47 Å². The zero-order chi connectivity index (χ0) is 26.6. The second-order valence-electron chi connectivity index (χ2n) is 8.43. The Morgan fingerprint density at radius 3 is 2.43 bits per heavy atom. The van der Waals surface area contributed by atoms with E-state index in [2.05, 4.69) is 16.5 Å². The average Bonchev–Trinajstić information content (AvgIpc) is 3.20. The molecule has 13 heteroatoms. The number of carbonyl (C=O) groups excluding carboxylic acids is 2. The first-order valence-electron chi connectivity index (χ1n) is 11.4. The van der Waals surface area contributed by atoms with Gasteiger partial charge >= 0.3 is 0 Å². The van der Waals surface area contributed by atoms with Gasteiger partial charge in [0, 0.05) is 50.5 Å². The number of carbonyl (C=O) groups is 2. The molecule has 0 unspecified atom stereocenters. The first kappa shape index (κ1) is 26.2. The summed E-state index contributed by atoms with van der Waals surface area (Å²) in [5.74, 6) is -3.15. The maximum absolute atomic E-state index is 12.7. The number of non-ortho nitro benzene ring substituents is 1. The minimum absolute atomic E-state index is 0.108. The van der Waals surface area contributed by atoms with Gasteiger partial charge in [0.05, 0.1) is 15.1 Å². The van der Waals surface area contributed by atoms with Crippen LogP contribution in [-0.4, -0.2) is 72.3 Å². The second-order valence-corrected chi connectivity index (χ2v) is 11.5. The van der Waals surface area contributed by atoms with Gasteiger partial charge in [-0.25, -0.2) is 8.42 Å². The summed E-state index contributed by atoms with van der Waals surface area (Å²) in [4.78, 5) is 43.6. The molecule has 3 aromatic rings. The van der Waals surface area contributed by atoms with Crippen LogP contribution in [0.25, 0.3) is 10.2 Å². The summed E-state index contributed by atoms with van der Waals surface area (Å²) in [6, 6.07) is 14.0. The number of thiazole rings is 1. The van der Waals surface area contributed by atoms with Crippen LogP contribution in [0.2, 0.25) is 0 Å². The van der Waals surface area contributed by atoms with Crippen molar-refractivity contribution in [3.63, 3.8) is 0 Å². The summed E-state index contributed by atoms with van der Waals surface area (Å²) in [6.07, 6.45) is 1.57. The second kappa shape index (κ2) is 11.0. The zero-order valence-electron chi connectivity index (χ0n) is 19.9. The maximum Gasteiger partial charge on any atom is 0.270 e. The van der Waals surface area contributed by atoms with E-state index in [1.165, 1.54) is 17.0 Å². The number of anilines is 1. The highest BCUT2D eigenvalue weighted by Crippen LogP contribution is 2.23. The maximum atomic E-state index is 12.7. The molecule has 0 spiro atoms. The standard InChI is InChI=1S/C24H25N5O6S2/c1-2-10-28-20-9-8-19(29(32)33)15-21(20)36-24(28)25-22(30)16-37(34,35)17-23(31)27-13-11-26(12-14-27)18-6-4-3-5-7-18/h2-9,15H,1,10-14,16-17H2. The Hall–Kier alpha value is -3.84. The molecule has 37 heavy (non-hydrogen) atoms. The van der Waals surface area contributed by atoms with Crippen LogP contribution in [0.1, 0.15) is 0 Å². The molecule has 0 N–H and O–H groups in total. The molecule has 1 aliphatic rings. The summed E-state index contributed by atoms with van der Waals surface area (Å²) in [6.45, 7) is 5.88. The van der Waals surface area contributed by atoms with Crippen molar-refractivity contribution >= 4 is 54.6 Å². The summed E-state index contributed by atoms with van der Waals surface area (Å²) in [5.41, 5.74) is 1.54. The number of allylic oxidation sites excluding steroid dienone is 1. The van der Waals surface area contributed by atoms with Crippen LogP contribution in [0.3, 0.4) is 0 Å². The minimum Gasteiger partial charge on any atom is -0.368 e. The van der Waals surface area contributed by atoms with Crippen LogP contribution in [0, 0.1) is 10.1 Å². The fourth-order valence-corrected chi connectivity index (χ4v) is 6.27. The summed E-state index contributed by atoms with van der Waals surface area (Å²) in [5, 5.41) is 11.1. The first-order chi connectivity index (χ1) is 17.7. The molecule has 0 radical (unpaired) electrons. The SMILES string of the molecule is C=CCn1c(=NC(=O)CS(=O)(=O)CC(=O)N2CCN(c3ccccc3)CC2)sc2cc([N+](=O)[O-])ccc21. The van der Waals surface area contributed by atoms with Crippen LogP contribution in [0.5, 0.6) is 0 Å². The molecule has 2 amide bonds. The van der Waals surface area contributed by atoms with Gasteiger partial charge < -0.3 is 14.4 Å². The van der Waals surface area contributed by atoms with Gasteiger partial charge in [0.2, 0.25) is 5.91 Å². The summed E-state index contributed by atoms with van der Waals surface area (Å²) < 4.78 is 27.4. The third kappa shape index (κ3) is 6.30. The van der Waals surface area contributed by atoms with Gasteiger partial charge in [-0.15, -0.1) is 6.58 Å². The van der Waals surface area contributed by atoms with Gasteiger partial charge in [-0.2, -0.15) is 4.99 Å². The number of benzene rings is 2. The first-order valence-corrected chi connectivity index (χ1v) is 14.0. The van der Waals surface area contributed by atoms with E-state index >= 15 is 0 Å². The lowest BCUT2D eigenvalue weighted by Crippen LogP contribution is -2.50. The minimum atomic E-state index is -4.05. The number of nitro benzene ring substituents is 1. The predicted molar refractivity (Wildman–Crippen MR) is 141 cm³/mol. The lowest BCUT2D eigenvalue weighted by atomic mass is 10.2. The molecule has 2 aromatic carbocycles. The molecule has 0 atom stereocenters. The zero-order valence-corrected chi connectivity index (χ0v) is 21.5. The lowest BCUT2D eigenvalue weighted by molar-refractivity contribution is -0.384. The van der Waals surface area contributed by atoms with Crippen molar-refractivity contribution < 1.29 is 22.9 Å². The fourth-order valence-electron chi connectivity index (χ4n) is 4.08. The lowest BCUT2D eigenvalue weighted by Gasteiger charge is -2.36. The van der Waals surface area contributed by atoms with E-state index in [4.69, 9.17) is 0 Å². The van der Waals surface area contributed by atoms with Crippen molar-refractivity contribution in [2.45, 2.75) is 6.54 Å². The molecule has 194 valence electrons. The van der Waals surface area contributed by atoms with Gasteiger partial charge in [0.15, 0.2) is 14.6 Å². The van der Waals surface area contributed by atoms with Crippen molar-refractivity contribution in [2.75, 3.05) is 42.6 Å². The molecule has 1 saturated heterocycles. The quantitative estimate of drug-likeness (QED) is 0.241. The molecule has 1 fully saturated rings. The Balaban J connectivity index is 1.43. The number of hydrogen-bond acceptors (Lipinski definition) is 8. The molecule has 1 aromatic heterocycles. The molecular formula is C24H25N5O6S2. The van der Waals surface area contributed by atoms with E-state index in [1.807, 2.05) is 30.3 Å². The Morgan fingerprint density at radius 1 is 1.08 bits per heavy atom. The van der Waals surface area contributed by atoms with E-state index in [-0.39, 0.29) is 17.0 Å². The molecule has 0 aliphatic carbocycles. The molecule has 0 saturated carbocycles. The van der Waals surface area contributed by atoms with Crippen molar-refractivity contribution in [3.8, 4) is 0 Å². The highest BCUT2D eigenvalue weighted by molar-refractivity contribution is 7.92. The number of amides is 2. The van der Waals surface area contributed by atoms with Gasteiger partial charge in [0.25, 0.3) is 11.6 Å². The van der Waals surface area contributed by atoms with E-state index in [9.17, 15) is 28.1 Å². The molecule has 0 bridgehead atoms. The van der Waals surface area contributed by atoms with Gasteiger partial charge in [-0.05, 0) is 18.2 Å². The molecule has 4 rings (SSSR count). The number of piperazine rings is 1. The van der Waals surface area contributed by atoms with Gasteiger partial charge in [-0.3, -0.25) is 19.7 Å². The van der Waals surface area contributed by atoms with Gasteiger partial charge in [-0.1, -0.05) is 35.6 Å². The van der Waals surface area contributed by atoms with E-state index in [0.717, 1.165) is 17.0 Å². The van der Waals surface area contributed by atoms with Crippen LogP contribution < -0.4 is 9.70 Å². The predicted octanol–water partition coefficient (Wildman–Crippen LogP) is 1.99. The topological polar surface area (TPSA) is 135 Å².